The molecule has 0 aliphatic heterocycles. The zero-order valence-electron chi connectivity index (χ0n) is 21.2. The number of methoxy groups -OCH3 is 1. The molecule has 1 N–H and O–H groups in total. The number of fused-ring (bicyclic) bond motifs is 1. The van der Waals surface area contributed by atoms with Crippen molar-refractivity contribution >= 4 is 16.9 Å². The fourth-order valence-corrected chi connectivity index (χ4v) is 4.30. The molecule has 0 radical (unpaired) electrons. The summed E-state index contributed by atoms with van der Waals surface area (Å²) >= 11 is 0. The molecule has 1 heterocycles. The van der Waals surface area contributed by atoms with Crippen LogP contribution in [0.25, 0.3) is 11.0 Å². The number of unbranched alkanes of at least 4 members (excludes halogenated alkanes) is 2. The molecule has 6 heteroatoms. The number of carbonyl (C=O) groups is 1. The van der Waals surface area contributed by atoms with E-state index in [2.05, 4.69) is 47.1 Å². The van der Waals surface area contributed by atoms with Crippen LogP contribution < -0.4 is 14.8 Å². The van der Waals surface area contributed by atoms with Crippen LogP contribution in [0.3, 0.4) is 0 Å². The van der Waals surface area contributed by atoms with Gasteiger partial charge in [-0.15, -0.1) is 0 Å². The Balaban J connectivity index is 1.26. The number of hydrogen-bond donors (Lipinski definition) is 1. The molecular weight excluding hydrogens is 450 g/mol. The first kappa shape index (κ1) is 25.3. The van der Waals surface area contributed by atoms with Crippen molar-refractivity contribution in [2.24, 2.45) is 0 Å². The van der Waals surface area contributed by atoms with E-state index in [-0.39, 0.29) is 5.91 Å². The van der Waals surface area contributed by atoms with E-state index in [9.17, 15) is 4.79 Å². The average Bonchev–Trinajstić information content (AvgIpc) is 3.28. The van der Waals surface area contributed by atoms with Crippen LogP contribution in [0, 0.1) is 0 Å². The van der Waals surface area contributed by atoms with E-state index < -0.39 is 0 Å². The van der Waals surface area contributed by atoms with Gasteiger partial charge in [0.1, 0.15) is 23.9 Å². The molecule has 0 aliphatic rings. The lowest BCUT2D eigenvalue weighted by Crippen LogP contribution is -2.24. The summed E-state index contributed by atoms with van der Waals surface area (Å²) in [5.74, 6) is 2.60. The molecule has 1 amide bonds. The number of ether oxygens (including phenoxy) is 2. The summed E-state index contributed by atoms with van der Waals surface area (Å²) in [6.45, 7) is 4.15. The second-order valence-electron chi connectivity index (χ2n) is 8.81. The first-order chi connectivity index (χ1) is 17.7. The van der Waals surface area contributed by atoms with E-state index in [4.69, 9.17) is 14.5 Å². The molecule has 1 aromatic heterocycles. The number of aryl methyl sites for hydroxylation is 2. The zero-order valence-corrected chi connectivity index (χ0v) is 21.2. The minimum Gasteiger partial charge on any atom is -0.497 e. The Morgan fingerprint density at radius 1 is 0.944 bits per heavy atom. The number of para-hydroxylation sites is 2. The summed E-state index contributed by atoms with van der Waals surface area (Å²) in [6, 6.07) is 23.8. The second kappa shape index (κ2) is 12.8. The summed E-state index contributed by atoms with van der Waals surface area (Å²) in [5, 5.41) is 3.00. The van der Waals surface area contributed by atoms with Gasteiger partial charge in [0.25, 0.3) is 5.91 Å². The first-order valence-electron chi connectivity index (χ1n) is 12.8. The number of carbonyl (C=O) groups excluding carboxylic acids is 1. The molecule has 0 unspecified atom stereocenters. The summed E-state index contributed by atoms with van der Waals surface area (Å²) in [4.78, 5) is 17.2. The van der Waals surface area contributed by atoms with Crippen LogP contribution in [0.5, 0.6) is 11.5 Å². The standard InChI is InChI=1S/C30H35N3O3/c1-3-23-15-17-25(18-16-23)36-21-20-33-28-13-7-6-12-27(28)32-29(33)14-5-4-8-19-31-30(34)24-10-9-11-26(22-24)35-2/h6-7,9-13,15-18,22H,3-5,8,14,19-21H2,1-2H3,(H,31,34). The number of aromatic nitrogens is 2. The van der Waals surface area contributed by atoms with Crippen molar-refractivity contribution in [3.05, 3.63) is 89.7 Å². The lowest BCUT2D eigenvalue weighted by atomic mass is 10.1. The monoisotopic (exact) mass is 485 g/mol. The van der Waals surface area contributed by atoms with Gasteiger partial charge < -0.3 is 19.4 Å². The summed E-state index contributed by atoms with van der Waals surface area (Å²) in [6.07, 6.45) is 4.87. The molecule has 0 saturated carbocycles. The van der Waals surface area contributed by atoms with Gasteiger partial charge in [0.15, 0.2) is 0 Å². The van der Waals surface area contributed by atoms with Crippen LogP contribution >= 0.6 is 0 Å². The molecule has 0 fully saturated rings. The lowest BCUT2D eigenvalue weighted by Gasteiger charge is -2.11. The second-order valence-corrected chi connectivity index (χ2v) is 8.81. The van der Waals surface area contributed by atoms with E-state index >= 15 is 0 Å². The van der Waals surface area contributed by atoms with Crippen molar-refractivity contribution in [2.75, 3.05) is 20.3 Å². The van der Waals surface area contributed by atoms with Crippen molar-refractivity contribution in [1.29, 1.82) is 0 Å². The lowest BCUT2D eigenvalue weighted by molar-refractivity contribution is 0.0952. The van der Waals surface area contributed by atoms with Gasteiger partial charge in [-0.3, -0.25) is 4.79 Å². The topological polar surface area (TPSA) is 65.4 Å². The Bertz CT molecular complexity index is 1260. The first-order valence-corrected chi connectivity index (χ1v) is 12.8. The SMILES string of the molecule is CCc1ccc(OCCn2c(CCCCCNC(=O)c3cccc(OC)c3)nc3ccccc32)cc1. The van der Waals surface area contributed by atoms with E-state index in [1.807, 2.05) is 30.3 Å². The fraction of sp³-hybridized carbons (Fsp3) is 0.333. The van der Waals surface area contributed by atoms with Crippen LogP contribution in [0.1, 0.15) is 47.9 Å². The number of amides is 1. The number of hydrogen-bond acceptors (Lipinski definition) is 4. The fourth-order valence-electron chi connectivity index (χ4n) is 4.30. The Morgan fingerprint density at radius 3 is 2.58 bits per heavy atom. The molecule has 0 saturated heterocycles. The summed E-state index contributed by atoms with van der Waals surface area (Å²) < 4.78 is 13.5. The number of nitrogens with one attached hydrogen (secondary N) is 1. The number of rotatable bonds is 13. The predicted molar refractivity (Wildman–Crippen MR) is 144 cm³/mol. The number of benzene rings is 3. The van der Waals surface area contributed by atoms with Crippen LogP contribution in [0.2, 0.25) is 0 Å². The molecule has 0 spiro atoms. The highest BCUT2D eigenvalue weighted by atomic mass is 16.5. The largest absolute Gasteiger partial charge is 0.497 e. The molecule has 0 bridgehead atoms. The molecule has 0 atom stereocenters. The Labute approximate surface area is 213 Å². The summed E-state index contributed by atoms with van der Waals surface area (Å²) in [7, 11) is 1.60. The Kier molecular flexibility index (Phi) is 8.98. The molecule has 0 aliphatic carbocycles. The third kappa shape index (κ3) is 6.66. The number of nitrogens with zero attached hydrogens (tertiary/aromatic N) is 2. The molecule has 4 aromatic rings. The normalized spacial score (nSPS) is 10.9. The minimum absolute atomic E-state index is 0.0694. The van der Waals surface area contributed by atoms with Gasteiger partial charge >= 0.3 is 0 Å². The maximum absolute atomic E-state index is 12.4. The van der Waals surface area contributed by atoms with Gasteiger partial charge in [0.2, 0.25) is 0 Å². The van der Waals surface area contributed by atoms with E-state index in [0.717, 1.165) is 61.3 Å². The molecular formula is C30H35N3O3. The molecule has 36 heavy (non-hydrogen) atoms. The molecule has 6 nitrogen and oxygen atoms in total. The highest BCUT2D eigenvalue weighted by molar-refractivity contribution is 5.94. The van der Waals surface area contributed by atoms with Crippen molar-refractivity contribution in [3.63, 3.8) is 0 Å². The van der Waals surface area contributed by atoms with Crippen molar-refractivity contribution in [2.45, 2.75) is 45.6 Å². The van der Waals surface area contributed by atoms with Gasteiger partial charge in [-0.25, -0.2) is 4.98 Å². The Morgan fingerprint density at radius 2 is 1.78 bits per heavy atom. The maximum Gasteiger partial charge on any atom is 0.251 e. The molecule has 188 valence electrons. The number of imidazole rings is 1. The smallest absolute Gasteiger partial charge is 0.251 e. The van der Waals surface area contributed by atoms with Crippen LogP contribution in [0.4, 0.5) is 0 Å². The van der Waals surface area contributed by atoms with Gasteiger partial charge in [-0.2, -0.15) is 0 Å². The minimum atomic E-state index is -0.0694. The van der Waals surface area contributed by atoms with Crippen molar-refractivity contribution < 1.29 is 14.3 Å². The maximum atomic E-state index is 12.4. The van der Waals surface area contributed by atoms with E-state index in [0.29, 0.717) is 24.5 Å². The van der Waals surface area contributed by atoms with Gasteiger partial charge in [0.05, 0.1) is 24.7 Å². The Hall–Kier alpha value is -3.80. The van der Waals surface area contributed by atoms with Crippen molar-refractivity contribution in [3.8, 4) is 11.5 Å². The van der Waals surface area contributed by atoms with Crippen LogP contribution in [-0.2, 0) is 19.4 Å². The van der Waals surface area contributed by atoms with Gasteiger partial charge in [-0.05, 0) is 67.3 Å². The third-order valence-corrected chi connectivity index (χ3v) is 6.34. The quantitative estimate of drug-likeness (QED) is 0.242. The highest BCUT2D eigenvalue weighted by Gasteiger charge is 2.11. The van der Waals surface area contributed by atoms with Crippen LogP contribution in [-0.4, -0.2) is 35.7 Å². The van der Waals surface area contributed by atoms with Crippen LogP contribution in [0.15, 0.2) is 72.8 Å². The van der Waals surface area contributed by atoms with Crippen molar-refractivity contribution in [1.82, 2.24) is 14.9 Å². The highest BCUT2D eigenvalue weighted by Crippen LogP contribution is 2.19. The predicted octanol–water partition coefficient (Wildman–Crippen LogP) is 5.83. The van der Waals surface area contributed by atoms with E-state index in [1.165, 1.54) is 5.56 Å². The molecule has 4 rings (SSSR count). The van der Waals surface area contributed by atoms with E-state index in [1.54, 1.807) is 19.2 Å². The summed E-state index contributed by atoms with van der Waals surface area (Å²) in [5.41, 5.74) is 4.09. The third-order valence-electron chi connectivity index (χ3n) is 6.34. The average molecular weight is 486 g/mol. The van der Waals surface area contributed by atoms with Gasteiger partial charge in [-0.1, -0.05) is 43.7 Å². The van der Waals surface area contributed by atoms with Gasteiger partial charge in [0, 0.05) is 18.5 Å². The zero-order chi connectivity index (χ0) is 25.2. The molecule has 3 aromatic carbocycles.